The standard InChI is InChI=1S/C12H25NO2/c1-10(2)6-4-8-12(14)11(13)7-5-9-15-3/h10-11H,4-9,13H2,1-3H3. The second-order valence-electron chi connectivity index (χ2n) is 4.49. The van der Waals surface area contributed by atoms with Crippen molar-refractivity contribution >= 4 is 5.78 Å². The molecule has 90 valence electrons. The van der Waals surface area contributed by atoms with Gasteiger partial charge in [-0.15, -0.1) is 0 Å². The smallest absolute Gasteiger partial charge is 0.149 e. The highest BCUT2D eigenvalue weighted by molar-refractivity contribution is 5.83. The highest BCUT2D eigenvalue weighted by Gasteiger charge is 2.12. The minimum atomic E-state index is -0.285. The minimum absolute atomic E-state index is 0.201. The molecular weight excluding hydrogens is 190 g/mol. The summed E-state index contributed by atoms with van der Waals surface area (Å²) in [7, 11) is 1.66. The van der Waals surface area contributed by atoms with Crippen LogP contribution in [0.5, 0.6) is 0 Å². The molecule has 0 fully saturated rings. The number of rotatable bonds is 9. The number of hydrogen-bond donors (Lipinski definition) is 1. The number of carbonyl (C=O) groups excluding carboxylic acids is 1. The van der Waals surface area contributed by atoms with Crippen LogP contribution in [0.15, 0.2) is 0 Å². The molecule has 0 radical (unpaired) electrons. The predicted molar refractivity (Wildman–Crippen MR) is 62.8 cm³/mol. The van der Waals surface area contributed by atoms with Gasteiger partial charge in [0.2, 0.25) is 0 Å². The van der Waals surface area contributed by atoms with Crippen LogP contribution in [0.3, 0.4) is 0 Å². The van der Waals surface area contributed by atoms with Gasteiger partial charge >= 0.3 is 0 Å². The summed E-state index contributed by atoms with van der Waals surface area (Å²) >= 11 is 0. The number of nitrogens with two attached hydrogens (primary N) is 1. The molecule has 1 unspecified atom stereocenters. The molecule has 0 saturated heterocycles. The molecule has 0 amide bonds. The summed E-state index contributed by atoms with van der Waals surface area (Å²) in [5, 5.41) is 0. The Morgan fingerprint density at radius 2 is 1.93 bits per heavy atom. The fourth-order valence-electron chi connectivity index (χ4n) is 1.48. The molecule has 0 saturated carbocycles. The summed E-state index contributed by atoms with van der Waals surface area (Å²) in [5.74, 6) is 0.870. The zero-order valence-corrected chi connectivity index (χ0v) is 10.3. The van der Waals surface area contributed by atoms with Gasteiger partial charge in [-0.05, 0) is 25.2 Å². The number of carbonyl (C=O) groups is 1. The van der Waals surface area contributed by atoms with Crippen LogP contribution >= 0.6 is 0 Å². The average molecular weight is 215 g/mol. The molecule has 0 aliphatic carbocycles. The summed E-state index contributed by atoms with van der Waals surface area (Å²) < 4.78 is 4.92. The Balaban J connectivity index is 3.51. The molecule has 1 atom stereocenters. The van der Waals surface area contributed by atoms with Crippen LogP contribution < -0.4 is 5.73 Å². The third kappa shape index (κ3) is 8.58. The number of ketones is 1. The molecule has 0 heterocycles. The molecule has 2 N–H and O–H groups in total. The van der Waals surface area contributed by atoms with E-state index >= 15 is 0 Å². The van der Waals surface area contributed by atoms with Crippen LogP contribution in [0.25, 0.3) is 0 Å². The Kier molecular flexibility index (Phi) is 8.62. The maximum absolute atomic E-state index is 11.6. The Morgan fingerprint density at radius 3 is 2.47 bits per heavy atom. The minimum Gasteiger partial charge on any atom is -0.385 e. The lowest BCUT2D eigenvalue weighted by molar-refractivity contribution is -0.120. The number of hydrogen-bond acceptors (Lipinski definition) is 3. The van der Waals surface area contributed by atoms with Gasteiger partial charge in [0.15, 0.2) is 0 Å². The van der Waals surface area contributed by atoms with Crippen LogP contribution in [0, 0.1) is 5.92 Å². The summed E-state index contributed by atoms with van der Waals surface area (Å²) in [6.45, 7) is 5.03. The first-order valence-corrected chi connectivity index (χ1v) is 5.85. The van der Waals surface area contributed by atoms with Crippen molar-refractivity contribution in [3.05, 3.63) is 0 Å². The van der Waals surface area contributed by atoms with Crippen molar-refractivity contribution in [2.75, 3.05) is 13.7 Å². The van der Waals surface area contributed by atoms with E-state index in [2.05, 4.69) is 13.8 Å². The van der Waals surface area contributed by atoms with Crippen LogP contribution in [0.2, 0.25) is 0 Å². The third-order valence-corrected chi connectivity index (χ3v) is 2.48. The molecular formula is C12H25NO2. The molecule has 0 aromatic heterocycles. The van der Waals surface area contributed by atoms with E-state index in [0.29, 0.717) is 18.9 Å². The fraction of sp³-hybridized carbons (Fsp3) is 0.917. The number of methoxy groups -OCH3 is 1. The fourth-order valence-corrected chi connectivity index (χ4v) is 1.48. The lowest BCUT2D eigenvalue weighted by atomic mass is 10.00. The molecule has 3 heteroatoms. The zero-order valence-electron chi connectivity index (χ0n) is 10.3. The van der Waals surface area contributed by atoms with E-state index in [4.69, 9.17) is 10.5 Å². The molecule has 0 aromatic carbocycles. The van der Waals surface area contributed by atoms with Crippen LogP contribution in [0.4, 0.5) is 0 Å². The third-order valence-electron chi connectivity index (χ3n) is 2.48. The van der Waals surface area contributed by atoms with Crippen molar-refractivity contribution in [3.63, 3.8) is 0 Å². The Morgan fingerprint density at radius 1 is 1.27 bits per heavy atom. The van der Waals surface area contributed by atoms with Gasteiger partial charge < -0.3 is 10.5 Å². The largest absolute Gasteiger partial charge is 0.385 e. The van der Waals surface area contributed by atoms with Gasteiger partial charge in [-0.1, -0.05) is 20.3 Å². The van der Waals surface area contributed by atoms with E-state index < -0.39 is 0 Å². The van der Waals surface area contributed by atoms with Gasteiger partial charge in [-0.25, -0.2) is 0 Å². The van der Waals surface area contributed by atoms with Crippen molar-refractivity contribution in [2.24, 2.45) is 11.7 Å². The molecule has 0 rings (SSSR count). The predicted octanol–water partition coefficient (Wildman–Crippen LogP) is 2.14. The van der Waals surface area contributed by atoms with Gasteiger partial charge in [0.1, 0.15) is 5.78 Å². The Labute approximate surface area is 93.4 Å². The molecule has 15 heavy (non-hydrogen) atoms. The second-order valence-corrected chi connectivity index (χ2v) is 4.49. The highest BCUT2D eigenvalue weighted by atomic mass is 16.5. The van der Waals surface area contributed by atoms with Crippen LogP contribution in [0.1, 0.15) is 46.0 Å². The number of Topliss-reactive ketones (excluding diaryl/α,β-unsaturated/α-hetero) is 1. The first-order valence-electron chi connectivity index (χ1n) is 5.85. The average Bonchev–Trinajstić information content (AvgIpc) is 2.17. The van der Waals surface area contributed by atoms with Crippen LogP contribution in [-0.4, -0.2) is 25.5 Å². The summed E-state index contributed by atoms with van der Waals surface area (Å²) in [4.78, 5) is 11.6. The van der Waals surface area contributed by atoms with E-state index in [9.17, 15) is 4.79 Å². The summed E-state index contributed by atoms with van der Waals surface area (Å²) in [5.41, 5.74) is 5.77. The SMILES string of the molecule is COCCCC(N)C(=O)CCCC(C)C. The summed E-state index contributed by atoms with van der Waals surface area (Å²) in [6, 6.07) is -0.285. The maximum Gasteiger partial charge on any atom is 0.149 e. The van der Waals surface area contributed by atoms with Crippen molar-refractivity contribution in [2.45, 2.75) is 52.0 Å². The van der Waals surface area contributed by atoms with Gasteiger partial charge in [0, 0.05) is 20.1 Å². The molecule has 0 spiro atoms. The van der Waals surface area contributed by atoms with Gasteiger partial charge in [-0.3, -0.25) is 4.79 Å². The second kappa shape index (κ2) is 8.86. The lowest BCUT2D eigenvalue weighted by Gasteiger charge is -2.10. The summed E-state index contributed by atoms with van der Waals surface area (Å²) in [6.07, 6.45) is 4.32. The normalized spacial score (nSPS) is 13.1. The maximum atomic E-state index is 11.6. The monoisotopic (exact) mass is 215 g/mol. The Bertz CT molecular complexity index is 169. The topological polar surface area (TPSA) is 52.3 Å². The quantitative estimate of drug-likeness (QED) is 0.599. The van der Waals surface area contributed by atoms with Crippen LogP contribution in [-0.2, 0) is 9.53 Å². The molecule has 0 aromatic rings. The van der Waals surface area contributed by atoms with Crippen molar-refractivity contribution in [1.29, 1.82) is 0 Å². The van der Waals surface area contributed by atoms with E-state index in [0.717, 1.165) is 25.7 Å². The van der Waals surface area contributed by atoms with Crippen molar-refractivity contribution in [1.82, 2.24) is 0 Å². The molecule has 3 nitrogen and oxygen atoms in total. The molecule has 0 aliphatic rings. The Hall–Kier alpha value is -0.410. The van der Waals surface area contributed by atoms with E-state index in [1.54, 1.807) is 7.11 Å². The molecule has 0 aliphatic heterocycles. The molecule has 0 bridgehead atoms. The first-order chi connectivity index (χ1) is 7.07. The van der Waals surface area contributed by atoms with E-state index in [1.165, 1.54) is 0 Å². The highest BCUT2D eigenvalue weighted by Crippen LogP contribution is 2.08. The van der Waals surface area contributed by atoms with Gasteiger partial charge in [-0.2, -0.15) is 0 Å². The van der Waals surface area contributed by atoms with Crippen molar-refractivity contribution < 1.29 is 9.53 Å². The van der Waals surface area contributed by atoms with E-state index in [-0.39, 0.29) is 11.8 Å². The zero-order chi connectivity index (χ0) is 11.7. The lowest BCUT2D eigenvalue weighted by Crippen LogP contribution is -2.30. The first kappa shape index (κ1) is 14.6. The van der Waals surface area contributed by atoms with Gasteiger partial charge in [0.25, 0.3) is 0 Å². The van der Waals surface area contributed by atoms with Crippen molar-refractivity contribution in [3.8, 4) is 0 Å². The number of ether oxygens (including phenoxy) is 1. The van der Waals surface area contributed by atoms with E-state index in [1.807, 2.05) is 0 Å². The van der Waals surface area contributed by atoms with Gasteiger partial charge in [0.05, 0.1) is 6.04 Å².